The largest absolute Gasteiger partial charge is 0.439 e. The number of hydrogen-bond acceptors (Lipinski definition) is 5. The summed E-state index contributed by atoms with van der Waals surface area (Å²) in [7, 11) is 1.90. The number of carbonyl (C=O) groups excluding carboxylic acids is 1. The number of ether oxygens (including phenoxy) is 1. The van der Waals surface area contributed by atoms with Gasteiger partial charge in [0.25, 0.3) is 0 Å². The zero-order chi connectivity index (χ0) is 26.9. The molecule has 5 rings (SSSR count). The monoisotopic (exact) mass is 509 g/mol. The molecule has 2 amide bonds. The number of pyridine rings is 1. The molecule has 194 valence electrons. The summed E-state index contributed by atoms with van der Waals surface area (Å²) in [5.74, 6) is 1.66. The van der Waals surface area contributed by atoms with Crippen molar-refractivity contribution >= 4 is 22.8 Å². The Hall–Kier alpha value is -4.66. The SMILES string of the molecule is Cc1ccc(-n2nc(C(C)(C)C)cc2NC(=O)NCc2cccnc2Oc2ccc3c(cnn3C)c2)cc1. The van der Waals surface area contributed by atoms with E-state index in [1.165, 1.54) is 0 Å². The number of hydrogen-bond donors (Lipinski definition) is 2. The fraction of sp³-hybridized carbons (Fsp3) is 0.241. The van der Waals surface area contributed by atoms with E-state index in [-0.39, 0.29) is 18.0 Å². The van der Waals surface area contributed by atoms with Crippen LogP contribution in [-0.2, 0) is 19.0 Å². The minimum atomic E-state index is -0.356. The lowest BCUT2D eigenvalue weighted by atomic mass is 9.92. The van der Waals surface area contributed by atoms with Gasteiger partial charge >= 0.3 is 6.03 Å². The summed E-state index contributed by atoms with van der Waals surface area (Å²) in [5.41, 5.74) is 4.48. The van der Waals surface area contributed by atoms with Gasteiger partial charge in [-0.1, -0.05) is 44.5 Å². The van der Waals surface area contributed by atoms with Crippen LogP contribution in [0.1, 0.15) is 37.6 Å². The predicted molar refractivity (Wildman–Crippen MR) is 148 cm³/mol. The van der Waals surface area contributed by atoms with Gasteiger partial charge in [0, 0.05) is 42.2 Å². The van der Waals surface area contributed by atoms with Crippen molar-refractivity contribution in [2.24, 2.45) is 7.05 Å². The second-order valence-corrected chi connectivity index (χ2v) is 10.3. The highest BCUT2D eigenvalue weighted by Crippen LogP contribution is 2.28. The maximum atomic E-state index is 13.0. The van der Waals surface area contributed by atoms with E-state index >= 15 is 0 Å². The van der Waals surface area contributed by atoms with Gasteiger partial charge in [-0.2, -0.15) is 10.2 Å². The highest BCUT2D eigenvalue weighted by molar-refractivity contribution is 5.88. The highest BCUT2D eigenvalue weighted by atomic mass is 16.5. The molecule has 2 aromatic carbocycles. The summed E-state index contributed by atoms with van der Waals surface area (Å²) in [6, 6.07) is 19.0. The van der Waals surface area contributed by atoms with Gasteiger partial charge in [-0.05, 0) is 43.3 Å². The Balaban J connectivity index is 1.31. The molecule has 2 N–H and O–H groups in total. The number of fused-ring (bicyclic) bond motifs is 1. The van der Waals surface area contributed by atoms with Crippen molar-refractivity contribution in [3.8, 4) is 17.3 Å². The predicted octanol–water partition coefficient (Wildman–Crippen LogP) is 5.87. The highest BCUT2D eigenvalue weighted by Gasteiger charge is 2.21. The molecule has 0 radical (unpaired) electrons. The van der Waals surface area contributed by atoms with Crippen molar-refractivity contribution in [3.63, 3.8) is 0 Å². The molecule has 5 aromatic rings. The van der Waals surface area contributed by atoms with Crippen LogP contribution in [0, 0.1) is 6.92 Å². The summed E-state index contributed by atoms with van der Waals surface area (Å²) in [6.07, 6.45) is 3.45. The number of carbonyl (C=O) groups is 1. The van der Waals surface area contributed by atoms with Gasteiger partial charge in [-0.15, -0.1) is 0 Å². The maximum absolute atomic E-state index is 13.0. The normalized spacial score (nSPS) is 11.5. The third-order valence-electron chi connectivity index (χ3n) is 6.22. The Labute approximate surface area is 221 Å². The van der Waals surface area contributed by atoms with Gasteiger partial charge in [-0.25, -0.2) is 14.5 Å². The Morgan fingerprint density at radius 3 is 2.61 bits per heavy atom. The average Bonchev–Trinajstić information content (AvgIpc) is 3.47. The summed E-state index contributed by atoms with van der Waals surface area (Å²) in [6.45, 7) is 8.54. The van der Waals surface area contributed by atoms with Crippen molar-refractivity contribution in [1.82, 2.24) is 29.9 Å². The Kier molecular flexibility index (Phi) is 6.59. The summed E-state index contributed by atoms with van der Waals surface area (Å²) in [4.78, 5) is 17.4. The van der Waals surface area contributed by atoms with E-state index < -0.39 is 0 Å². The number of urea groups is 1. The molecule has 0 aliphatic carbocycles. The van der Waals surface area contributed by atoms with Gasteiger partial charge in [0.1, 0.15) is 11.6 Å². The molecular formula is C29H31N7O2. The number of anilines is 1. The van der Waals surface area contributed by atoms with Gasteiger partial charge in [0.05, 0.1) is 23.1 Å². The lowest BCUT2D eigenvalue weighted by Gasteiger charge is -2.14. The first-order valence-corrected chi connectivity index (χ1v) is 12.4. The first-order valence-electron chi connectivity index (χ1n) is 12.4. The lowest BCUT2D eigenvalue weighted by Crippen LogP contribution is -2.29. The summed E-state index contributed by atoms with van der Waals surface area (Å²) < 4.78 is 9.64. The third kappa shape index (κ3) is 5.36. The van der Waals surface area contributed by atoms with Crippen LogP contribution in [0.15, 0.2) is 73.1 Å². The van der Waals surface area contributed by atoms with E-state index in [4.69, 9.17) is 9.84 Å². The van der Waals surface area contributed by atoms with Crippen molar-refractivity contribution in [2.45, 2.75) is 39.7 Å². The molecule has 0 aliphatic rings. The number of rotatable bonds is 6. The molecule has 0 aliphatic heterocycles. The van der Waals surface area contributed by atoms with Crippen molar-refractivity contribution in [1.29, 1.82) is 0 Å². The summed E-state index contributed by atoms with van der Waals surface area (Å²) >= 11 is 0. The minimum Gasteiger partial charge on any atom is -0.439 e. The Morgan fingerprint density at radius 2 is 1.84 bits per heavy atom. The average molecular weight is 510 g/mol. The number of amides is 2. The quantitative estimate of drug-likeness (QED) is 0.298. The molecule has 0 atom stereocenters. The number of aryl methyl sites for hydroxylation is 2. The molecular weight excluding hydrogens is 478 g/mol. The summed E-state index contributed by atoms with van der Waals surface area (Å²) in [5, 5.41) is 15.9. The number of nitrogens with zero attached hydrogens (tertiary/aromatic N) is 5. The van der Waals surface area contributed by atoms with Crippen LogP contribution in [-0.4, -0.2) is 30.6 Å². The van der Waals surface area contributed by atoms with Crippen LogP contribution in [0.5, 0.6) is 11.6 Å². The van der Waals surface area contributed by atoms with Crippen LogP contribution in [0.4, 0.5) is 10.6 Å². The molecule has 3 heterocycles. The van der Waals surface area contributed by atoms with Crippen molar-refractivity contribution in [2.75, 3.05) is 5.32 Å². The topological polar surface area (TPSA) is 98.9 Å². The lowest BCUT2D eigenvalue weighted by molar-refractivity contribution is 0.251. The molecule has 0 saturated heterocycles. The molecule has 0 spiro atoms. The number of nitrogens with one attached hydrogen (secondary N) is 2. The van der Waals surface area contributed by atoms with E-state index in [2.05, 4.69) is 41.5 Å². The van der Waals surface area contributed by atoms with Gasteiger partial charge in [0.2, 0.25) is 5.88 Å². The van der Waals surface area contributed by atoms with Crippen LogP contribution >= 0.6 is 0 Å². The fourth-order valence-corrected chi connectivity index (χ4v) is 4.02. The fourth-order valence-electron chi connectivity index (χ4n) is 4.02. The minimum absolute atomic E-state index is 0.177. The first-order chi connectivity index (χ1) is 18.2. The van der Waals surface area contributed by atoms with E-state index in [0.717, 1.165) is 33.4 Å². The second-order valence-electron chi connectivity index (χ2n) is 10.3. The van der Waals surface area contributed by atoms with Crippen LogP contribution in [0.25, 0.3) is 16.6 Å². The first kappa shape index (κ1) is 25.0. The molecule has 0 fully saturated rings. The second kappa shape index (κ2) is 10.0. The number of benzene rings is 2. The van der Waals surface area contributed by atoms with E-state index in [1.807, 2.05) is 79.3 Å². The molecule has 0 bridgehead atoms. The molecule has 9 nitrogen and oxygen atoms in total. The van der Waals surface area contributed by atoms with Crippen LogP contribution in [0.3, 0.4) is 0 Å². The van der Waals surface area contributed by atoms with Gasteiger partial charge < -0.3 is 10.1 Å². The Bertz CT molecular complexity index is 1590. The Morgan fingerprint density at radius 1 is 1.05 bits per heavy atom. The van der Waals surface area contributed by atoms with Crippen molar-refractivity contribution in [3.05, 3.63) is 89.9 Å². The van der Waals surface area contributed by atoms with Crippen LogP contribution < -0.4 is 15.4 Å². The third-order valence-corrected chi connectivity index (χ3v) is 6.22. The van der Waals surface area contributed by atoms with Crippen molar-refractivity contribution < 1.29 is 9.53 Å². The molecule has 3 aromatic heterocycles. The molecule has 38 heavy (non-hydrogen) atoms. The standard InChI is InChI=1S/C29H31N7O2/c1-19-8-10-22(11-9-19)36-26(16-25(34-36)29(2,3)4)33-28(37)31-17-20-7-6-14-30-27(20)38-23-12-13-24-21(15-23)18-32-35(24)5/h6-16,18H,17H2,1-5H3,(H2,31,33,37). The molecule has 0 unspecified atom stereocenters. The van der Waals surface area contributed by atoms with E-state index in [1.54, 1.807) is 17.1 Å². The zero-order valence-electron chi connectivity index (χ0n) is 22.2. The van der Waals surface area contributed by atoms with E-state index in [9.17, 15) is 4.79 Å². The van der Waals surface area contributed by atoms with Crippen LogP contribution in [0.2, 0.25) is 0 Å². The van der Waals surface area contributed by atoms with Gasteiger partial charge in [-0.3, -0.25) is 10.00 Å². The number of aromatic nitrogens is 5. The maximum Gasteiger partial charge on any atom is 0.320 e. The van der Waals surface area contributed by atoms with Gasteiger partial charge in [0.15, 0.2) is 0 Å². The molecule has 0 saturated carbocycles. The zero-order valence-corrected chi connectivity index (χ0v) is 22.2. The molecule has 9 heteroatoms. The van der Waals surface area contributed by atoms with E-state index in [0.29, 0.717) is 17.4 Å². The smallest absolute Gasteiger partial charge is 0.320 e.